The third-order valence-corrected chi connectivity index (χ3v) is 3.15. The summed E-state index contributed by atoms with van der Waals surface area (Å²) >= 11 is 0. The monoisotopic (exact) mass is 232 g/mol. The summed E-state index contributed by atoms with van der Waals surface area (Å²) in [5.41, 5.74) is 1.18. The summed E-state index contributed by atoms with van der Waals surface area (Å²) in [5.74, 6) is 0. The number of ether oxygens (including phenoxy) is 1. The minimum absolute atomic E-state index is 0.0765. The van der Waals surface area contributed by atoms with E-state index >= 15 is 0 Å². The van der Waals surface area contributed by atoms with Gasteiger partial charge in [-0.15, -0.1) is 0 Å². The smallest absolute Gasteiger partial charge is 0.0992 e. The van der Waals surface area contributed by atoms with E-state index in [1.165, 1.54) is 0 Å². The van der Waals surface area contributed by atoms with Crippen molar-refractivity contribution in [3.8, 4) is 6.07 Å². The lowest BCUT2D eigenvalue weighted by Gasteiger charge is -2.37. The predicted molar refractivity (Wildman–Crippen MR) is 64.6 cm³/mol. The molecule has 0 spiro atoms. The standard InChI is InChI=1S/C13H16N2O2/c14-9-11-2-1-3-12(8-11)15-13(10-16)4-6-17-7-5-13/h1-3,8,15-16H,4-7,10H2. The van der Waals surface area contributed by atoms with Gasteiger partial charge in [0, 0.05) is 18.9 Å². The molecule has 0 bridgehead atoms. The van der Waals surface area contributed by atoms with Crippen molar-refractivity contribution < 1.29 is 9.84 Å². The summed E-state index contributed by atoms with van der Waals surface area (Å²) in [7, 11) is 0. The number of nitriles is 1. The Balaban J connectivity index is 2.14. The molecule has 90 valence electrons. The number of hydrogen-bond donors (Lipinski definition) is 2. The van der Waals surface area contributed by atoms with Gasteiger partial charge in [0.25, 0.3) is 0 Å². The normalized spacial score (nSPS) is 18.4. The van der Waals surface area contributed by atoms with Crippen molar-refractivity contribution >= 4 is 5.69 Å². The van der Waals surface area contributed by atoms with E-state index in [0.29, 0.717) is 18.8 Å². The van der Waals surface area contributed by atoms with Crippen molar-refractivity contribution in [2.45, 2.75) is 18.4 Å². The lowest BCUT2D eigenvalue weighted by molar-refractivity contribution is 0.0380. The fourth-order valence-corrected chi connectivity index (χ4v) is 2.06. The molecule has 1 aromatic rings. The lowest BCUT2D eigenvalue weighted by Crippen LogP contribution is -2.46. The maximum atomic E-state index is 9.55. The largest absolute Gasteiger partial charge is 0.394 e. The number of nitrogens with zero attached hydrogens (tertiary/aromatic N) is 1. The van der Waals surface area contributed by atoms with E-state index in [-0.39, 0.29) is 12.1 Å². The first-order valence-corrected chi connectivity index (χ1v) is 5.75. The van der Waals surface area contributed by atoms with Crippen molar-refractivity contribution in [2.75, 3.05) is 25.1 Å². The van der Waals surface area contributed by atoms with Gasteiger partial charge in [-0.05, 0) is 31.0 Å². The molecule has 2 rings (SSSR count). The van der Waals surface area contributed by atoms with Gasteiger partial charge in [-0.2, -0.15) is 5.26 Å². The molecule has 1 aliphatic heterocycles. The summed E-state index contributed by atoms with van der Waals surface area (Å²) in [6.45, 7) is 1.39. The maximum Gasteiger partial charge on any atom is 0.0992 e. The van der Waals surface area contributed by atoms with E-state index in [2.05, 4.69) is 11.4 Å². The van der Waals surface area contributed by atoms with Crippen LogP contribution in [0.2, 0.25) is 0 Å². The van der Waals surface area contributed by atoms with E-state index < -0.39 is 0 Å². The summed E-state index contributed by atoms with van der Waals surface area (Å²) < 4.78 is 5.31. The molecule has 17 heavy (non-hydrogen) atoms. The minimum Gasteiger partial charge on any atom is -0.394 e. The molecule has 0 amide bonds. The molecule has 0 atom stereocenters. The Hall–Kier alpha value is -1.57. The highest BCUT2D eigenvalue weighted by molar-refractivity contribution is 5.51. The Morgan fingerprint density at radius 2 is 2.18 bits per heavy atom. The minimum atomic E-state index is -0.313. The summed E-state index contributed by atoms with van der Waals surface area (Å²) in [4.78, 5) is 0. The fraction of sp³-hybridized carbons (Fsp3) is 0.462. The van der Waals surface area contributed by atoms with Crippen LogP contribution in [0.25, 0.3) is 0 Å². The van der Waals surface area contributed by atoms with Gasteiger partial charge in [-0.1, -0.05) is 6.07 Å². The van der Waals surface area contributed by atoms with Crippen LogP contribution < -0.4 is 5.32 Å². The van der Waals surface area contributed by atoms with Crippen molar-refractivity contribution in [1.29, 1.82) is 5.26 Å². The van der Waals surface area contributed by atoms with E-state index in [1.54, 1.807) is 12.1 Å². The number of anilines is 1. The van der Waals surface area contributed by atoms with Crippen molar-refractivity contribution in [3.63, 3.8) is 0 Å². The van der Waals surface area contributed by atoms with Gasteiger partial charge in [-0.3, -0.25) is 0 Å². The SMILES string of the molecule is N#Cc1cccc(NC2(CO)CCOCC2)c1. The highest BCUT2D eigenvalue weighted by Gasteiger charge is 2.31. The van der Waals surface area contributed by atoms with Crippen LogP contribution in [0.4, 0.5) is 5.69 Å². The van der Waals surface area contributed by atoms with E-state index in [0.717, 1.165) is 18.5 Å². The molecule has 4 nitrogen and oxygen atoms in total. The molecule has 1 heterocycles. The van der Waals surface area contributed by atoms with Gasteiger partial charge in [0.15, 0.2) is 0 Å². The summed E-state index contributed by atoms with van der Waals surface area (Å²) in [5, 5.41) is 21.7. The Morgan fingerprint density at radius 1 is 1.41 bits per heavy atom. The van der Waals surface area contributed by atoms with Gasteiger partial charge >= 0.3 is 0 Å². The van der Waals surface area contributed by atoms with Crippen LogP contribution in [0.3, 0.4) is 0 Å². The average Bonchev–Trinajstić information content (AvgIpc) is 2.40. The first kappa shape index (κ1) is 11.9. The quantitative estimate of drug-likeness (QED) is 0.829. The van der Waals surface area contributed by atoms with Gasteiger partial charge < -0.3 is 15.2 Å². The maximum absolute atomic E-state index is 9.55. The highest BCUT2D eigenvalue weighted by atomic mass is 16.5. The third-order valence-electron chi connectivity index (χ3n) is 3.15. The number of rotatable bonds is 3. The number of benzene rings is 1. The zero-order valence-corrected chi connectivity index (χ0v) is 9.65. The highest BCUT2D eigenvalue weighted by Crippen LogP contribution is 2.25. The second-order valence-corrected chi connectivity index (χ2v) is 4.37. The summed E-state index contributed by atoms with van der Waals surface area (Å²) in [6.07, 6.45) is 1.56. The van der Waals surface area contributed by atoms with E-state index in [9.17, 15) is 5.11 Å². The third kappa shape index (κ3) is 2.76. The van der Waals surface area contributed by atoms with Crippen LogP contribution in [-0.4, -0.2) is 30.5 Å². The second kappa shape index (κ2) is 5.17. The molecule has 1 saturated heterocycles. The molecule has 0 saturated carbocycles. The van der Waals surface area contributed by atoms with Crippen molar-refractivity contribution in [1.82, 2.24) is 0 Å². The molecular weight excluding hydrogens is 216 g/mol. The molecule has 1 aromatic carbocycles. The van der Waals surface area contributed by atoms with E-state index in [4.69, 9.17) is 10.00 Å². The zero-order chi connectivity index (χ0) is 12.1. The average molecular weight is 232 g/mol. The second-order valence-electron chi connectivity index (χ2n) is 4.37. The van der Waals surface area contributed by atoms with Crippen LogP contribution in [0.15, 0.2) is 24.3 Å². The van der Waals surface area contributed by atoms with Crippen LogP contribution in [0, 0.1) is 11.3 Å². The van der Waals surface area contributed by atoms with Gasteiger partial charge in [-0.25, -0.2) is 0 Å². The van der Waals surface area contributed by atoms with Gasteiger partial charge in [0.2, 0.25) is 0 Å². The zero-order valence-electron chi connectivity index (χ0n) is 9.65. The van der Waals surface area contributed by atoms with Crippen LogP contribution >= 0.6 is 0 Å². The molecule has 4 heteroatoms. The number of aliphatic hydroxyl groups excluding tert-OH is 1. The number of aliphatic hydroxyl groups is 1. The Morgan fingerprint density at radius 3 is 2.82 bits per heavy atom. The predicted octanol–water partition coefficient (Wildman–Crippen LogP) is 1.51. The number of nitrogens with one attached hydrogen (secondary N) is 1. The fourth-order valence-electron chi connectivity index (χ4n) is 2.06. The number of hydrogen-bond acceptors (Lipinski definition) is 4. The molecule has 0 aromatic heterocycles. The Kier molecular flexibility index (Phi) is 3.62. The van der Waals surface area contributed by atoms with Crippen LogP contribution in [-0.2, 0) is 4.74 Å². The van der Waals surface area contributed by atoms with Crippen molar-refractivity contribution in [3.05, 3.63) is 29.8 Å². The van der Waals surface area contributed by atoms with Crippen LogP contribution in [0.1, 0.15) is 18.4 Å². The molecule has 0 aliphatic carbocycles. The topological polar surface area (TPSA) is 65.3 Å². The molecule has 0 radical (unpaired) electrons. The molecule has 1 aliphatic rings. The first-order valence-electron chi connectivity index (χ1n) is 5.75. The van der Waals surface area contributed by atoms with Gasteiger partial charge in [0.1, 0.15) is 0 Å². The molecule has 1 fully saturated rings. The van der Waals surface area contributed by atoms with Gasteiger partial charge in [0.05, 0.1) is 23.8 Å². The Bertz CT molecular complexity index is 420. The lowest BCUT2D eigenvalue weighted by atomic mass is 9.90. The summed E-state index contributed by atoms with van der Waals surface area (Å²) in [6, 6.07) is 9.42. The molecular formula is C13H16N2O2. The van der Waals surface area contributed by atoms with E-state index in [1.807, 2.05) is 12.1 Å². The molecule has 0 unspecified atom stereocenters. The Labute approximate surface area is 101 Å². The molecule has 2 N–H and O–H groups in total. The first-order chi connectivity index (χ1) is 8.28. The van der Waals surface area contributed by atoms with Crippen molar-refractivity contribution in [2.24, 2.45) is 0 Å². The van der Waals surface area contributed by atoms with Crippen LogP contribution in [0.5, 0.6) is 0 Å².